The van der Waals surface area contributed by atoms with Crippen LogP contribution in [0.2, 0.25) is 0 Å². The van der Waals surface area contributed by atoms with E-state index in [-0.39, 0.29) is 65.8 Å². The van der Waals surface area contributed by atoms with Crippen LogP contribution in [0.4, 0.5) is 13.2 Å². The molecule has 31 heavy (non-hydrogen) atoms. The number of pyridine rings is 1. The van der Waals surface area contributed by atoms with E-state index in [2.05, 4.69) is 11.1 Å². The maximum absolute atomic E-state index is 13.8. The average molecular weight is 672 g/mol. The van der Waals surface area contributed by atoms with Crippen molar-refractivity contribution in [2.24, 2.45) is 0 Å². The van der Waals surface area contributed by atoms with Crippen LogP contribution in [0.1, 0.15) is 11.1 Å². The molecule has 0 bridgehead atoms. The SMILES string of the molecule is Cc1cccc(C(F)(F)F)c1-c1cnc2c3[c-]cccc3c3ccccc3n12.[CH3-].[Ir].[Y]. The second-order valence-electron chi connectivity index (χ2n) is 6.77. The van der Waals surface area contributed by atoms with E-state index in [1.165, 1.54) is 12.3 Å². The van der Waals surface area contributed by atoms with Crippen LogP contribution in [-0.2, 0) is 59.0 Å². The first-order valence-corrected chi connectivity index (χ1v) is 8.82. The summed E-state index contributed by atoms with van der Waals surface area (Å²) in [5.41, 5.74) is 1.89. The fourth-order valence-electron chi connectivity index (χ4n) is 3.94. The topological polar surface area (TPSA) is 17.3 Å². The van der Waals surface area contributed by atoms with Gasteiger partial charge in [-0.25, -0.2) is 0 Å². The molecule has 0 amide bonds. The minimum atomic E-state index is -4.45. The molecule has 5 aromatic rings. The number of imidazole rings is 1. The molecule has 2 nitrogen and oxygen atoms in total. The normalized spacial score (nSPS) is 11.1. The van der Waals surface area contributed by atoms with E-state index in [9.17, 15) is 13.2 Å². The second-order valence-corrected chi connectivity index (χ2v) is 6.77. The molecule has 2 radical (unpaired) electrons. The zero-order valence-electron chi connectivity index (χ0n) is 16.8. The van der Waals surface area contributed by atoms with Crippen LogP contribution in [-0.4, -0.2) is 9.38 Å². The van der Waals surface area contributed by atoms with Gasteiger partial charge in [-0.05, 0) is 30.0 Å². The summed E-state index contributed by atoms with van der Waals surface area (Å²) in [5.74, 6) is 0. The molecule has 5 rings (SSSR count). The molecule has 0 aliphatic carbocycles. The van der Waals surface area contributed by atoms with Crippen LogP contribution in [0.5, 0.6) is 0 Å². The Kier molecular flexibility index (Phi) is 7.87. The summed E-state index contributed by atoms with van der Waals surface area (Å²) in [5, 5.41) is 2.71. The Hall–Kier alpha value is -1.59. The molecule has 2 heterocycles. The fourth-order valence-corrected chi connectivity index (χ4v) is 3.94. The largest absolute Gasteiger partial charge is 0.417 e. The molecule has 0 aliphatic heterocycles. The first kappa shape index (κ1) is 25.7. The number of alkyl halides is 3. The summed E-state index contributed by atoms with van der Waals surface area (Å²) in [6.45, 7) is 1.69. The number of rotatable bonds is 1. The van der Waals surface area contributed by atoms with Gasteiger partial charge in [0.05, 0.1) is 16.9 Å². The van der Waals surface area contributed by atoms with Gasteiger partial charge in [-0.3, -0.25) is 4.98 Å². The molecule has 7 heteroatoms. The first-order valence-electron chi connectivity index (χ1n) is 8.82. The first-order chi connectivity index (χ1) is 13.5. The number of hydrogen-bond acceptors (Lipinski definition) is 1. The third-order valence-corrected chi connectivity index (χ3v) is 5.11. The van der Waals surface area contributed by atoms with Crippen LogP contribution in [0.25, 0.3) is 38.6 Å². The van der Waals surface area contributed by atoms with Crippen molar-refractivity contribution >= 4 is 27.3 Å². The Morgan fingerprint density at radius 1 is 0.935 bits per heavy atom. The number of nitrogens with zero attached hydrogens (tertiary/aromatic N) is 2. The maximum atomic E-state index is 13.8. The van der Waals surface area contributed by atoms with Crippen LogP contribution in [0.3, 0.4) is 0 Å². The minimum Gasteiger partial charge on any atom is -0.358 e. The fraction of sp³-hybridized carbons (Fsp3) is 0.0833. The summed E-state index contributed by atoms with van der Waals surface area (Å²) in [6.07, 6.45) is -2.93. The van der Waals surface area contributed by atoms with Gasteiger partial charge in [0.2, 0.25) is 0 Å². The molecule has 0 N–H and O–H groups in total. The van der Waals surface area contributed by atoms with E-state index >= 15 is 0 Å². The Morgan fingerprint density at radius 2 is 1.65 bits per heavy atom. The van der Waals surface area contributed by atoms with Gasteiger partial charge in [0.15, 0.2) is 0 Å². The van der Waals surface area contributed by atoms with Crippen molar-refractivity contribution in [3.63, 3.8) is 0 Å². The van der Waals surface area contributed by atoms with Gasteiger partial charge in [-0.2, -0.15) is 13.2 Å². The number of hydrogen-bond donors (Lipinski definition) is 0. The van der Waals surface area contributed by atoms with Crippen molar-refractivity contribution < 1.29 is 66.0 Å². The van der Waals surface area contributed by atoms with Crippen molar-refractivity contribution in [3.8, 4) is 11.3 Å². The van der Waals surface area contributed by atoms with E-state index in [1.807, 2.05) is 40.8 Å². The molecular weight excluding hydrogens is 654 g/mol. The van der Waals surface area contributed by atoms with Crippen molar-refractivity contribution in [1.82, 2.24) is 9.38 Å². The predicted molar refractivity (Wildman–Crippen MR) is 111 cm³/mol. The molecule has 158 valence electrons. The maximum Gasteiger partial charge on any atom is 0.417 e. The van der Waals surface area contributed by atoms with E-state index in [4.69, 9.17) is 0 Å². The molecule has 0 unspecified atom stereocenters. The number of benzene rings is 3. The summed E-state index contributed by atoms with van der Waals surface area (Å²) >= 11 is 0. The summed E-state index contributed by atoms with van der Waals surface area (Å²) in [6, 6.07) is 20.8. The average Bonchev–Trinajstić information content (AvgIpc) is 3.12. The molecule has 0 saturated carbocycles. The molecule has 2 aromatic heterocycles. The van der Waals surface area contributed by atoms with Gasteiger partial charge in [-0.15, -0.1) is 29.7 Å². The number of fused-ring (bicyclic) bond motifs is 6. The van der Waals surface area contributed by atoms with Crippen molar-refractivity contribution in [1.29, 1.82) is 0 Å². The van der Waals surface area contributed by atoms with Gasteiger partial charge < -0.3 is 11.8 Å². The van der Waals surface area contributed by atoms with E-state index in [0.29, 0.717) is 16.9 Å². The number of halogens is 3. The van der Waals surface area contributed by atoms with E-state index < -0.39 is 11.7 Å². The zero-order valence-corrected chi connectivity index (χ0v) is 22.0. The zero-order chi connectivity index (χ0) is 19.5. The summed E-state index contributed by atoms with van der Waals surface area (Å²) in [7, 11) is 0. The molecular formula is C24H17F3IrN2Y-2. The Balaban J connectivity index is 0.00000114. The number of aromatic nitrogens is 2. The number of aryl methyl sites for hydroxylation is 1. The molecule has 3 aromatic carbocycles. The smallest absolute Gasteiger partial charge is 0.358 e. The molecule has 0 aliphatic rings. The molecule has 0 saturated heterocycles. The third kappa shape index (κ3) is 4.11. The van der Waals surface area contributed by atoms with Gasteiger partial charge >= 0.3 is 6.18 Å². The standard InChI is InChI=1S/C23H14F3N2.CH3.Ir.Y/c1-14-7-6-11-18(23(24,25)26)21(14)20-13-27-22-17-10-3-2-8-15(17)16-9-4-5-12-19(16)28(20)22;;;/h2-9,11-13H,1H3;1H3;;/q2*-1;;. The van der Waals surface area contributed by atoms with Crippen molar-refractivity contribution in [3.05, 3.63) is 91.5 Å². The molecule has 0 spiro atoms. The summed E-state index contributed by atoms with van der Waals surface area (Å²) in [4.78, 5) is 4.50. The van der Waals surface area contributed by atoms with Gasteiger partial charge in [0.25, 0.3) is 0 Å². The minimum absolute atomic E-state index is 0. The van der Waals surface area contributed by atoms with Crippen molar-refractivity contribution in [2.75, 3.05) is 0 Å². The quantitative estimate of drug-likeness (QED) is 0.140. The van der Waals surface area contributed by atoms with E-state index in [1.54, 1.807) is 19.1 Å². The van der Waals surface area contributed by atoms with Gasteiger partial charge in [-0.1, -0.05) is 35.7 Å². The van der Waals surface area contributed by atoms with Gasteiger partial charge in [0, 0.05) is 70.1 Å². The molecule has 0 atom stereocenters. The van der Waals surface area contributed by atoms with Crippen molar-refractivity contribution in [2.45, 2.75) is 13.1 Å². The Labute approximate surface area is 217 Å². The summed E-state index contributed by atoms with van der Waals surface area (Å²) < 4.78 is 43.1. The Morgan fingerprint density at radius 3 is 2.39 bits per heavy atom. The second kappa shape index (κ2) is 9.50. The Bertz CT molecular complexity index is 1380. The third-order valence-electron chi connectivity index (χ3n) is 5.11. The predicted octanol–water partition coefficient (Wildman–Crippen LogP) is 6.88. The van der Waals surface area contributed by atoms with Crippen LogP contribution in [0.15, 0.2) is 66.9 Å². The monoisotopic (exact) mass is 672 g/mol. The van der Waals surface area contributed by atoms with Crippen LogP contribution >= 0.6 is 0 Å². The van der Waals surface area contributed by atoms with E-state index in [0.717, 1.165) is 27.7 Å². The number of para-hydroxylation sites is 1. The van der Waals surface area contributed by atoms with Crippen LogP contribution in [0, 0.1) is 20.4 Å². The van der Waals surface area contributed by atoms with Crippen LogP contribution < -0.4 is 0 Å². The van der Waals surface area contributed by atoms with Gasteiger partial charge in [0.1, 0.15) is 0 Å². The molecule has 0 fully saturated rings.